The second kappa shape index (κ2) is 7.61. The third-order valence-electron chi connectivity index (χ3n) is 3.12. The highest BCUT2D eigenvalue weighted by Gasteiger charge is 2.14. The van der Waals surface area contributed by atoms with Gasteiger partial charge >= 0.3 is 0 Å². The van der Waals surface area contributed by atoms with E-state index in [1.54, 1.807) is 29.1 Å². The summed E-state index contributed by atoms with van der Waals surface area (Å²) in [6.45, 7) is 0. The molecular formula is C15H10Cl3N5OS. The van der Waals surface area contributed by atoms with Crippen molar-refractivity contribution in [3.05, 3.63) is 57.6 Å². The Kier molecular flexibility index (Phi) is 5.48. The summed E-state index contributed by atoms with van der Waals surface area (Å²) in [5, 5.41) is 12.2. The summed E-state index contributed by atoms with van der Waals surface area (Å²) < 4.78 is 1.77. The zero-order valence-electron chi connectivity index (χ0n) is 12.7. The first-order valence-corrected chi connectivity index (χ1v) is 8.83. The number of halogens is 3. The highest BCUT2D eigenvalue weighted by atomic mass is 35.5. The van der Waals surface area contributed by atoms with Crippen molar-refractivity contribution in [2.24, 2.45) is 7.05 Å². The van der Waals surface area contributed by atoms with Gasteiger partial charge in [0.15, 0.2) is 5.16 Å². The number of carbonyl (C=O) groups excluding carboxylic acids is 1. The Morgan fingerprint density at radius 1 is 1.24 bits per heavy atom. The van der Waals surface area contributed by atoms with Crippen LogP contribution in [0.1, 0.15) is 10.4 Å². The number of carbonyl (C=O) groups is 1. The lowest BCUT2D eigenvalue weighted by Crippen LogP contribution is -2.13. The van der Waals surface area contributed by atoms with E-state index in [1.807, 2.05) is 7.05 Å². The van der Waals surface area contributed by atoms with Crippen molar-refractivity contribution >= 4 is 58.2 Å². The Balaban J connectivity index is 1.88. The minimum absolute atomic E-state index is 0.138. The molecule has 3 rings (SSSR count). The van der Waals surface area contributed by atoms with Crippen LogP contribution < -0.4 is 5.32 Å². The van der Waals surface area contributed by atoms with Gasteiger partial charge in [-0.15, -0.1) is 10.2 Å². The van der Waals surface area contributed by atoms with Crippen LogP contribution in [0.15, 0.2) is 46.8 Å². The van der Waals surface area contributed by atoms with Crippen molar-refractivity contribution < 1.29 is 4.79 Å². The molecule has 128 valence electrons. The number of rotatable bonds is 4. The quantitative estimate of drug-likeness (QED) is 0.633. The van der Waals surface area contributed by atoms with Crippen molar-refractivity contribution in [2.45, 2.75) is 10.1 Å². The van der Waals surface area contributed by atoms with E-state index in [0.717, 1.165) is 4.90 Å². The zero-order valence-corrected chi connectivity index (χ0v) is 15.8. The van der Waals surface area contributed by atoms with Crippen LogP contribution in [0.3, 0.4) is 0 Å². The number of aryl methyl sites for hydroxylation is 1. The van der Waals surface area contributed by atoms with Gasteiger partial charge in [-0.1, -0.05) is 34.8 Å². The fourth-order valence-electron chi connectivity index (χ4n) is 1.89. The second-order valence-corrected chi connectivity index (χ2v) is 7.13. The normalized spacial score (nSPS) is 10.7. The van der Waals surface area contributed by atoms with Gasteiger partial charge < -0.3 is 9.88 Å². The molecule has 2 heterocycles. The number of pyridine rings is 1. The molecule has 0 saturated carbocycles. The average Bonchev–Trinajstić information content (AvgIpc) is 2.97. The highest BCUT2D eigenvalue weighted by molar-refractivity contribution is 7.99. The van der Waals surface area contributed by atoms with Gasteiger partial charge in [0.1, 0.15) is 11.5 Å². The molecule has 10 heteroatoms. The van der Waals surface area contributed by atoms with Crippen LogP contribution in [0.4, 0.5) is 5.69 Å². The summed E-state index contributed by atoms with van der Waals surface area (Å²) in [4.78, 5) is 17.1. The number of anilines is 1. The first-order valence-electron chi connectivity index (χ1n) is 6.88. The monoisotopic (exact) mass is 413 g/mol. The number of nitrogens with zero attached hydrogens (tertiary/aromatic N) is 4. The van der Waals surface area contributed by atoms with Crippen molar-refractivity contribution in [1.82, 2.24) is 19.7 Å². The molecule has 0 aliphatic carbocycles. The largest absolute Gasteiger partial charge is 0.321 e. The number of aromatic nitrogens is 4. The third kappa shape index (κ3) is 4.24. The Labute approximate surface area is 162 Å². The fourth-order valence-corrected chi connectivity index (χ4v) is 3.17. The van der Waals surface area contributed by atoms with E-state index in [2.05, 4.69) is 20.5 Å². The van der Waals surface area contributed by atoms with E-state index in [4.69, 9.17) is 34.8 Å². The molecular weight excluding hydrogens is 405 g/mol. The van der Waals surface area contributed by atoms with Crippen molar-refractivity contribution in [2.75, 3.05) is 5.32 Å². The summed E-state index contributed by atoms with van der Waals surface area (Å²) >= 11 is 19.1. The first kappa shape index (κ1) is 18.0. The molecule has 0 radical (unpaired) electrons. The molecule has 0 spiro atoms. The van der Waals surface area contributed by atoms with E-state index in [9.17, 15) is 4.79 Å². The number of benzene rings is 1. The summed E-state index contributed by atoms with van der Waals surface area (Å²) in [5.74, 6) is -0.381. The molecule has 1 amide bonds. The Hall–Kier alpha value is -1.80. The van der Waals surface area contributed by atoms with Crippen molar-refractivity contribution in [3.8, 4) is 0 Å². The zero-order chi connectivity index (χ0) is 18.0. The third-order valence-corrected chi connectivity index (χ3v) is 5.17. The molecule has 1 N–H and O–H groups in total. The molecule has 0 fully saturated rings. The number of hydrogen-bond acceptors (Lipinski definition) is 5. The summed E-state index contributed by atoms with van der Waals surface area (Å²) in [6, 6.07) is 6.64. The highest BCUT2D eigenvalue weighted by Crippen LogP contribution is 2.34. The maximum atomic E-state index is 12.5. The van der Waals surface area contributed by atoms with Gasteiger partial charge in [0.25, 0.3) is 5.91 Å². The maximum Gasteiger partial charge on any atom is 0.257 e. The van der Waals surface area contributed by atoms with Gasteiger partial charge in [0.05, 0.1) is 16.3 Å². The molecule has 0 atom stereocenters. The van der Waals surface area contributed by atoms with Crippen LogP contribution in [0.2, 0.25) is 15.2 Å². The molecule has 0 aliphatic rings. The van der Waals surface area contributed by atoms with Crippen LogP contribution in [-0.4, -0.2) is 25.7 Å². The molecule has 1 aromatic carbocycles. The van der Waals surface area contributed by atoms with Gasteiger partial charge in [-0.05, 0) is 36.0 Å². The predicted octanol–water partition coefficient (Wildman–Crippen LogP) is 4.57. The lowest BCUT2D eigenvalue weighted by atomic mass is 10.2. The minimum atomic E-state index is -0.381. The van der Waals surface area contributed by atoms with Crippen LogP contribution in [0, 0.1) is 0 Å². The smallest absolute Gasteiger partial charge is 0.257 e. The summed E-state index contributed by atoms with van der Waals surface area (Å²) in [7, 11) is 1.83. The van der Waals surface area contributed by atoms with Crippen LogP contribution >= 0.6 is 46.6 Å². The molecule has 0 unspecified atom stereocenters. The van der Waals surface area contributed by atoms with Crippen LogP contribution in [0.5, 0.6) is 0 Å². The lowest BCUT2D eigenvalue weighted by molar-refractivity contribution is 0.102. The van der Waals surface area contributed by atoms with Crippen LogP contribution in [0.25, 0.3) is 0 Å². The van der Waals surface area contributed by atoms with E-state index in [0.29, 0.717) is 15.9 Å². The lowest BCUT2D eigenvalue weighted by Gasteiger charge is -2.11. The Morgan fingerprint density at radius 2 is 2.04 bits per heavy atom. The van der Waals surface area contributed by atoms with E-state index < -0.39 is 0 Å². The first-order chi connectivity index (χ1) is 11.9. The van der Waals surface area contributed by atoms with Gasteiger partial charge in [0.2, 0.25) is 0 Å². The van der Waals surface area contributed by atoms with E-state index in [-0.39, 0.29) is 21.6 Å². The Bertz CT molecular complexity index is 947. The topological polar surface area (TPSA) is 72.7 Å². The number of hydrogen-bond donors (Lipinski definition) is 1. The SMILES string of the molecule is Cn1cnnc1Sc1ccc(Cl)cc1NC(=O)c1cnc(Cl)c(Cl)c1. The molecule has 6 nitrogen and oxygen atoms in total. The van der Waals surface area contributed by atoms with Crippen LogP contribution in [-0.2, 0) is 7.05 Å². The predicted molar refractivity (Wildman–Crippen MR) is 98.8 cm³/mol. The summed E-state index contributed by atoms with van der Waals surface area (Å²) in [5.41, 5.74) is 0.820. The average molecular weight is 415 g/mol. The number of nitrogens with one attached hydrogen (secondary N) is 1. The van der Waals surface area contributed by atoms with Gasteiger partial charge in [0, 0.05) is 23.2 Å². The standard InChI is InChI=1S/C15H10Cl3N5OS/c1-23-7-20-22-15(23)25-12-3-2-9(16)5-11(12)21-14(24)8-4-10(17)13(18)19-6-8/h2-7H,1H3,(H,21,24). The summed E-state index contributed by atoms with van der Waals surface area (Å²) in [6.07, 6.45) is 2.95. The number of amides is 1. The molecule has 0 bridgehead atoms. The maximum absolute atomic E-state index is 12.5. The van der Waals surface area contributed by atoms with Gasteiger partial charge in [-0.2, -0.15) is 0 Å². The fraction of sp³-hybridized carbons (Fsp3) is 0.0667. The van der Waals surface area contributed by atoms with Gasteiger partial charge in [-0.25, -0.2) is 4.98 Å². The molecule has 3 aromatic rings. The molecule has 0 aliphatic heterocycles. The Morgan fingerprint density at radius 3 is 2.72 bits per heavy atom. The van der Waals surface area contributed by atoms with Gasteiger partial charge in [-0.3, -0.25) is 4.79 Å². The van der Waals surface area contributed by atoms with E-state index in [1.165, 1.54) is 24.0 Å². The van der Waals surface area contributed by atoms with Crippen molar-refractivity contribution in [1.29, 1.82) is 0 Å². The molecule has 2 aromatic heterocycles. The second-order valence-electron chi connectivity index (χ2n) is 4.92. The van der Waals surface area contributed by atoms with E-state index >= 15 is 0 Å². The van der Waals surface area contributed by atoms with Crippen molar-refractivity contribution in [3.63, 3.8) is 0 Å². The molecule has 25 heavy (non-hydrogen) atoms. The minimum Gasteiger partial charge on any atom is -0.321 e. The molecule has 0 saturated heterocycles.